The summed E-state index contributed by atoms with van der Waals surface area (Å²) in [5.74, 6) is -0.459. The van der Waals surface area contributed by atoms with E-state index in [2.05, 4.69) is 15.5 Å². The molecule has 6 N–H and O–H groups in total. The molecule has 2 fully saturated rings. The molecule has 1 unspecified atom stereocenters. The maximum Gasteiger partial charge on any atom is 0.407 e. The van der Waals surface area contributed by atoms with Crippen molar-refractivity contribution >= 4 is 17.9 Å². The van der Waals surface area contributed by atoms with Gasteiger partial charge in [0.2, 0.25) is 11.8 Å². The van der Waals surface area contributed by atoms with Gasteiger partial charge >= 0.3 is 6.09 Å². The van der Waals surface area contributed by atoms with E-state index in [1.165, 1.54) is 6.42 Å². The highest BCUT2D eigenvalue weighted by Crippen LogP contribution is 2.16. The number of ether oxygens (including phenoxy) is 1. The number of carbonyl (C=O) groups is 3. The third kappa shape index (κ3) is 11.0. The van der Waals surface area contributed by atoms with Crippen molar-refractivity contribution in [1.29, 1.82) is 0 Å². The average Bonchev–Trinajstić information content (AvgIpc) is 2.65. The van der Waals surface area contributed by atoms with E-state index < -0.39 is 11.7 Å². The van der Waals surface area contributed by atoms with Crippen molar-refractivity contribution in [2.24, 2.45) is 11.5 Å². The molecular formula is C20H39N5O4. The maximum atomic E-state index is 11.5. The van der Waals surface area contributed by atoms with Crippen LogP contribution in [0.5, 0.6) is 0 Å². The minimum atomic E-state index is -0.478. The van der Waals surface area contributed by atoms with Crippen LogP contribution in [0.25, 0.3) is 0 Å². The lowest BCUT2D eigenvalue weighted by atomic mass is 10.0. The molecule has 0 aromatic heterocycles. The van der Waals surface area contributed by atoms with E-state index >= 15 is 0 Å². The molecule has 0 aromatic rings. The summed E-state index contributed by atoms with van der Waals surface area (Å²) < 4.78 is 5.15. The fourth-order valence-electron chi connectivity index (χ4n) is 3.46. The predicted octanol–water partition coefficient (Wildman–Crippen LogP) is 0.855. The van der Waals surface area contributed by atoms with Gasteiger partial charge in [0.05, 0.1) is 12.1 Å². The second kappa shape index (κ2) is 12.6. The molecule has 0 radical (unpaired) electrons. The van der Waals surface area contributed by atoms with Crippen molar-refractivity contribution < 1.29 is 19.1 Å². The topological polar surface area (TPSA) is 140 Å². The molecule has 0 aliphatic carbocycles. The van der Waals surface area contributed by atoms with E-state index in [-0.39, 0.29) is 23.9 Å². The number of likely N-dealkylation sites (tertiary alicyclic amines) is 1. The van der Waals surface area contributed by atoms with E-state index in [9.17, 15) is 14.4 Å². The highest BCUT2D eigenvalue weighted by molar-refractivity contribution is 5.80. The van der Waals surface area contributed by atoms with Gasteiger partial charge < -0.3 is 26.8 Å². The molecule has 29 heavy (non-hydrogen) atoms. The summed E-state index contributed by atoms with van der Waals surface area (Å²) in [7, 11) is 0. The molecule has 0 bridgehead atoms. The zero-order valence-corrected chi connectivity index (χ0v) is 18.2. The number of rotatable bonds is 6. The van der Waals surface area contributed by atoms with Crippen molar-refractivity contribution in [3.8, 4) is 0 Å². The first-order chi connectivity index (χ1) is 13.6. The summed E-state index contributed by atoms with van der Waals surface area (Å²) in [4.78, 5) is 35.4. The molecular weight excluding hydrogens is 374 g/mol. The molecule has 2 saturated heterocycles. The summed E-state index contributed by atoms with van der Waals surface area (Å²) in [6.07, 6.45) is 6.59. The molecule has 9 heteroatoms. The van der Waals surface area contributed by atoms with Crippen molar-refractivity contribution in [3.63, 3.8) is 0 Å². The van der Waals surface area contributed by atoms with Gasteiger partial charge in [-0.1, -0.05) is 12.8 Å². The average molecular weight is 414 g/mol. The predicted molar refractivity (Wildman–Crippen MR) is 112 cm³/mol. The third-order valence-corrected chi connectivity index (χ3v) is 4.89. The van der Waals surface area contributed by atoms with Crippen LogP contribution in [-0.4, -0.2) is 66.7 Å². The normalized spacial score (nSPS) is 22.7. The standard InChI is InChI=1S/C14H27N3O3.C6H12N2O/c1-14(2,3)20-13(19)16-8-6-10-17-9-5-4-7-11(17)12(15)18;7-6(9)5-3-1-2-4-8-5/h11H,4-10H2,1-3H3,(H2,15,18)(H,16,19);5,8H,1-4H2,(H2,7,9)/t11-;/m0./s1. The third-order valence-electron chi connectivity index (χ3n) is 4.89. The van der Waals surface area contributed by atoms with E-state index in [0.29, 0.717) is 6.54 Å². The van der Waals surface area contributed by atoms with Gasteiger partial charge in [-0.2, -0.15) is 0 Å². The molecule has 2 aliphatic heterocycles. The van der Waals surface area contributed by atoms with Crippen LogP contribution in [-0.2, 0) is 14.3 Å². The Morgan fingerprint density at radius 3 is 2.28 bits per heavy atom. The molecule has 3 amide bonds. The first kappa shape index (κ1) is 25.2. The van der Waals surface area contributed by atoms with Gasteiger partial charge in [0.15, 0.2) is 0 Å². The van der Waals surface area contributed by atoms with Crippen LogP contribution in [0.1, 0.15) is 65.7 Å². The van der Waals surface area contributed by atoms with Gasteiger partial charge in [-0.25, -0.2) is 4.79 Å². The Morgan fingerprint density at radius 2 is 1.76 bits per heavy atom. The molecule has 2 atom stereocenters. The molecule has 0 saturated carbocycles. The molecule has 0 aromatic carbocycles. The number of nitrogens with two attached hydrogens (primary N) is 2. The van der Waals surface area contributed by atoms with Gasteiger partial charge in [-0.05, 0) is 66.0 Å². The van der Waals surface area contributed by atoms with Gasteiger partial charge in [0.1, 0.15) is 5.60 Å². The quantitative estimate of drug-likeness (QED) is 0.476. The molecule has 2 heterocycles. The molecule has 9 nitrogen and oxygen atoms in total. The smallest absolute Gasteiger partial charge is 0.407 e. The monoisotopic (exact) mass is 413 g/mol. The zero-order valence-electron chi connectivity index (χ0n) is 18.2. The number of amides is 3. The first-order valence-electron chi connectivity index (χ1n) is 10.6. The van der Waals surface area contributed by atoms with Crippen molar-refractivity contribution in [3.05, 3.63) is 0 Å². The lowest BCUT2D eigenvalue weighted by molar-refractivity contribution is -0.124. The number of alkyl carbamates (subject to hydrolysis) is 1. The Morgan fingerprint density at radius 1 is 1.07 bits per heavy atom. The molecule has 0 spiro atoms. The summed E-state index contributed by atoms with van der Waals surface area (Å²) in [5.41, 5.74) is 10.00. The van der Waals surface area contributed by atoms with Crippen molar-refractivity contribution in [2.75, 3.05) is 26.2 Å². The lowest BCUT2D eigenvalue weighted by Gasteiger charge is -2.33. The number of nitrogens with one attached hydrogen (secondary N) is 2. The summed E-state index contributed by atoms with van der Waals surface area (Å²) in [6.45, 7) is 8.64. The molecule has 168 valence electrons. The van der Waals surface area contributed by atoms with Gasteiger partial charge in [-0.3, -0.25) is 14.5 Å². The summed E-state index contributed by atoms with van der Waals surface area (Å²) in [6, 6.07) is -0.205. The second-order valence-electron chi connectivity index (χ2n) is 8.64. The Bertz CT molecular complexity index is 529. The fourth-order valence-corrected chi connectivity index (χ4v) is 3.46. The van der Waals surface area contributed by atoms with Crippen LogP contribution in [0.2, 0.25) is 0 Å². The molecule has 2 rings (SSSR count). The van der Waals surface area contributed by atoms with Gasteiger partial charge in [0.25, 0.3) is 0 Å². The van der Waals surface area contributed by atoms with Crippen molar-refractivity contribution in [2.45, 2.75) is 83.4 Å². The number of nitrogens with zero attached hydrogens (tertiary/aromatic N) is 1. The van der Waals surface area contributed by atoms with Crippen LogP contribution in [0.15, 0.2) is 0 Å². The Hall–Kier alpha value is -1.87. The van der Waals surface area contributed by atoms with E-state index in [1.54, 1.807) is 0 Å². The minimum absolute atomic E-state index is 0.0567. The van der Waals surface area contributed by atoms with Crippen LogP contribution in [0.3, 0.4) is 0 Å². The van der Waals surface area contributed by atoms with Gasteiger partial charge in [0, 0.05) is 13.1 Å². The summed E-state index contributed by atoms with van der Waals surface area (Å²) in [5, 5.41) is 5.76. The van der Waals surface area contributed by atoms with Crippen LogP contribution < -0.4 is 22.1 Å². The lowest BCUT2D eigenvalue weighted by Crippen LogP contribution is -2.48. The maximum absolute atomic E-state index is 11.5. The van der Waals surface area contributed by atoms with Crippen LogP contribution >= 0.6 is 0 Å². The highest BCUT2D eigenvalue weighted by atomic mass is 16.6. The first-order valence-corrected chi connectivity index (χ1v) is 10.6. The van der Waals surface area contributed by atoms with E-state index in [1.807, 2.05) is 20.8 Å². The fraction of sp³-hybridized carbons (Fsp3) is 0.850. The van der Waals surface area contributed by atoms with E-state index in [0.717, 1.165) is 58.2 Å². The number of hydrogen-bond acceptors (Lipinski definition) is 6. The molecule has 2 aliphatic rings. The van der Waals surface area contributed by atoms with Crippen molar-refractivity contribution in [1.82, 2.24) is 15.5 Å². The largest absolute Gasteiger partial charge is 0.444 e. The minimum Gasteiger partial charge on any atom is -0.444 e. The highest BCUT2D eigenvalue weighted by Gasteiger charge is 2.26. The Kier molecular flexibility index (Phi) is 11.0. The number of hydrogen-bond donors (Lipinski definition) is 4. The zero-order chi connectivity index (χ0) is 21.9. The van der Waals surface area contributed by atoms with E-state index in [4.69, 9.17) is 16.2 Å². The Balaban J connectivity index is 0.000000387. The number of piperidine rings is 2. The van der Waals surface area contributed by atoms with Crippen LogP contribution in [0.4, 0.5) is 4.79 Å². The van der Waals surface area contributed by atoms with Gasteiger partial charge in [-0.15, -0.1) is 0 Å². The van der Waals surface area contributed by atoms with Crippen LogP contribution in [0, 0.1) is 0 Å². The number of carbonyl (C=O) groups excluding carboxylic acids is 3. The Labute approximate surface area is 174 Å². The second-order valence-corrected chi connectivity index (χ2v) is 8.64. The number of primary amides is 2. The summed E-state index contributed by atoms with van der Waals surface area (Å²) >= 11 is 0. The SMILES string of the molecule is CC(C)(C)OC(=O)NCCCN1CCCC[C@H]1C(N)=O.NC(=O)C1CCCCN1.